The number of benzene rings is 2. The van der Waals surface area contributed by atoms with E-state index in [2.05, 4.69) is 57.7 Å². The summed E-state index contributed by atoms with van der Waals surface area (Å²) in [6.07, 6.45) is 6.53. The molecule has 0 radical (unpaired) electrons. The lowest BCUT2D eigenvalue weighted by atomic mass is 10.0. The standard InChI is InChI=1S/C38H47Br2N9O5/c39-29-21-25(22-30(40)34(29)50)23-33(45-37(53)48-15-10-28(11-16-48)49-24-26-5-1-2-6-31(26)44-38(49)54)35(51)43-32(7-3-4-12-41)36(52)47-19-17-46(18-20-47)27-8-13-42-14-9-27/h1-2,5-6,8-9,13-14,21-22,28,32-33,50H,3-4,7,10-12,15-20,23-24,41H2,(H,43,51)(H,44,54)(H,45,53)/t32-,33-/m1/s1. The number of hydrogen-bond donors (Lipinski definition) is 5. The number of nitrogens with one attached hydrogen (secondary N) is 3. The van der Waals surface area contributed by atoms with Gasteiger partial charge in [0.05, 0.1) is 8.95 Å². The molecule has 16 heteroatoms. The number of phenolic OH excluding ortho intramolecular Hbond substituents is 1. The quantitative estimate of drug-likeness (QED) is 0.167. The number of anilines is 2. The maximum atomic E-state index is 14.2. The van der Waals surface area contributed by atoms with E-state index in [1.54, 1.807) is 34.3 Å². The van der Waals surface area contributed by atoms with Gasteiger partial charge in [-0.3, -0.25) is 14.6 Å². The largest absolute Gasteiger partial charge is 0.506 e. The highest BCUT2D eigenvalue weighted by Crippen LogP contribution is 2.34. The lowest BCUT2D eigenvalue weighted by Gasteiger charge is -2.40. The van der Waals surface area contributed by atoms with E-state index in [0.717, 1.165) is 16.9 Å². The minimum absolute atomic E-state index is 0.0205. The second-order valence-electron chi connectivity index (χ2n) is 13.9. The lowest BCUT2D eigenvalue weighted by Crippen LogP contribution is -2.59. The van der Waals surface area contributed by atoms with Crippen LogP contribution in [0.1, 0.15) is 43.2 Å². The van der Waals surface area contributed by atoms with Crippen molar-refractivity contribution in [3.05, 3.63) is 81.0 Å². The minimum Gasteiger partial charge on any atom is -0.506 e. The third kappa shape index (κ3) is 9.63. The molecule has 0 bridgehead atoms. The van der Waals surface area contributed by atoms with Crippen molar-refractivity contribution < 1.29 is 24.3 Å². The number of piperazine rings is 1. The van der Waals surface area contributed by atoms with Gasteiger partial charge in [0.2, 0.25) is 11.8 Å². The fourth-order valence-corrected chi connectivity index (χ4v) is 8.58. The summed E-state index contributed by atoms with van der Waals surface area (Å²) in [6, 6.07) is 12.6. The first-order valence-electron chi connectivity index (χ1n) is 18.4. The number of fused-ring (bicyclic) bond motifs is 1. The van der Waals surface area contributed by atoms with Crippen LogP contribution in [0.5, 0.6) is 5.75 Å². The number of urea groups is 2. The zero-order valence-electron chi connectivity index (χ0n) is 30.1. The normalized spacial score (nSPS) is 17.4. The van der Waals surface area contributed by atoms with Crippen LogP contribution >= 0.6 is 31.9 Å². The summed E-state index contributed by atoms with van der Waals surface area (Å²) in [5, 5.41) is 19.2. The molecule has 14 nitrogen and oxygen atoms in total. The van der Waals surface area contributed by atoms with Crippen molar-refractivity contribution in [2.45, 2.75) is 63.2 Å². The number of unbranched alkanes of at least 4 members (excludes halogenated alkanes) is 1. The first-order valence-corrected chi connectivity index (χ1v) is 20.0. The van der Waals surface area contributed by atoms with Crippen molar-refractivity contribution in [1.82, 2.24) is 30.3 Å². The van der Waals surface area contributed by atoms with Gasteiger partial charge in [-0.2, -0.15) is 0 Å². The van der Waals surface area contributed by atoms with Gasteiger partial charge < -0.3 is 46.4 Å². The lowest BCUT2D eigenvalue weighted by molar-refractivity contribution is -0.137. The van der Waals surface area contributed by atoms with Gasteiger partial charge in [0, 0.05) is 82.0 Å². The Hall–Kier alpha value is -4.41. The second kappa shape index (κ2) is 18.3. The summed E-state index contributed by atoms with van der Waals surface area (Å²) in [5.74, 6) is -0.628. The average molecular weight is 870 g/mol. The molecule has 6 N–H and O–H groups in total. The highest BCUT2D eigenvalue weighted by molar-refractivity contribution is 9.11. The zero-order valence-corrected chi connectivity index (χ0v) is 33.2. The van der Waals surface area contributed by atoms with E-state index in [-0.39, 0.29) is 30.2 Å². The molecule has 0 spiro atoms. The number of carbonyl (C=O) groups is 4. The molecule has 0 aliphatic carbocycles. The van der Waals surface area contributed by atoms with Crippen LogP contribution < -0.4 is 26.6 Å². The number of piperidine rings is 1. The maximum Gasteiger partial charge on any atom is 0.322 e. The van der Waals surface area contributed by atoms with Crippen LogP contribution in [0.25, 0.3) is 0 Å². The van der Waals surface area contributed by atoms with E-state index in [1.165, 1.54) is 0 Å². The predicted octanol–water partition coefficient (Wildman–Crippen LogP) is 4.41. The molecule has 3 aliphatic heterocycles. The van der Waals surface area contributed by atoms with E-state index in [4.69, 9.17) is 5.73 Å². The molecule has 3 aliphatic rings. The number of amides is 6. The van der Waals surface area contributed by atoms with Crippen molar-refractivity contribution in [2.75, 3.05) is 56.0 Å². The van der Waals surface area contributed by atoms with Gasteiger partial charge in [0.25, 0.3) is 0 Å². The molecule has 2 saturated heterocycles. The zero-order chi connectivity index (χ0) is 38.2. The number of para-hydroxylation sites is 1. The number of rotatable bonds is 12. The number of halogens is 2. The average Bonchev–Trinajstić information content (AvgIpc) is 3.19. The van der Waals surface area contributed by atoms with Gasteiger partial charge in [-0.1, -0.05) is 18.2 Å². The number of aromatic hydroxyl groups is 1. The molecule has 6 rings (SSSR count). The number of carbonyl (C=O) groups excluding carboxylic acids is 4. The molecule has 1 aromatic heterocycles. The molecule has 2 atom stereocenters. The number of nitrogens with zero attached hydrogens (tertiary/aromatic N) is 5. The summed E-state index contributed by atoms with van der Waals surface area (Å²) in [5.41, 5.74) is 9.38. The number of likely N-dealkylation sites (tertiary alicyclic amines) is 1. The van der Waals surface area contributed by atoms with Crippen LogP contribution in [0, 0.1) is 0 Å². The Labute approximate surface area is 332 Å². The number of phenols is 1. The Kier molecular flexibility index (Phi) is 13.3. The van der Waals surface area contributed by atoms with Crippen molar-refractivity contribution in [3.8, 4) is 5.75 Å². The van der Waals surface area contributed by atoms with Crippen LogP contribution in [-0.4, -0.2) is 113 Å². The third-order valence-corrected chi connectivity index (χ3v) is 11.6. The summed E-state index contributed by atoms with van der Waals surface area (Å²) >= 11 is 6.74. The molecule has 2 fully saturated rings. The minimum atomic E-state index is -1.03. The first kappa shape index (κ1) is 39.3. The number of pyridine rings is 1. The molecule has 0 saturated carbocycles. The van der Waals surface area contributed by atoms with Gasteiger partial charge in [-0.05, 0) is 112 Å². The number of hydrogen-bond acceptors (Lipinski definition) is 8. The molecule has 4 heterocycles. The molecule has 3 aromatic rings. The van der Waals surface area contributed by atoms with E-state index in [9.17, 15) is 24.3 Å². The van der Waals surface area contributed by atoms with Crippen LogP contribution in [0.15, 0.2) is 69.9 Å². The second-order valence-corrected chi connectivity index (χ2v) is 15.6. The van der Waals surface area contributed by atoms with Gasteiger partial charge in [-0.25, -0.2) is 9.59 Å². The fourth-order valence-electron chi connectivity index (χ4n) is 7.30. The van der Waals surface area contributed by atoms with Crippen molar-refractivity contribution in [3.63, 3.8) is 0 Å². The van der Waals surface area contributed by atoms with E-state index in [0.29, 0.717) is 99.0 Å². The Balaban J connectivity index is 1.13. The molecule has 0 unspecified atom stereocenters. The molecule has 2 aromatic carbocycles. The monoisotopic (exact) mass is 867 g/mol. The summed E-state index contributed by atoms with van der Waals surface area (Å²) in [4.78, 5) is 66.5. The number of nitrogens with two attached hydrogens (primary N) is 1. The highest BCUT2D eigenvalue weighted by Gasteiger charge is 2.35. The highest BCUT2D eigenvalue weighted by atomic mass is 79.9. The predicted molar refractivity (Wildman–Crippen MR) is 213 cm³/mol. The van der Waals surface area contributed by atoms with Gasteiger partial charge >= 0.3 is 12.1 Å². The molecular formula is C38H47Br2N9O5. The summed E-state index contributed by atoms with van der Waals surface area (Å²) in [7, 11) is 0. The fraction of sp³-hybridized carbons (Fsp3) is 0.447. The van der Waals surface area contributed by atoms with Crippen molar-refractivity contribution in [2.24, 2.45) is 5.73 Å². The topological polar surface area (TPSA) is 176 Å². The van der Waals surface area contributed by atoms with Crippen LogP contribution in [0.3, 0.4) is 0 Å². The maximum absolute atomic E-state index is 14.2. The Morgan fingerprint density at radius 1 is 0.907 bits per heavy atom. The summed E-state index contributed by atoms with van der Waals surface area (Å²) in [6.45, 7) is 4.07. The van der Waals surface area contributed by atoms with E-state index >= 15 is 0 Å². The molecule has 6 amide bonds. The summed E-state index contributed by atoms with van der Waals surface area (Å²) < 4.78 is 0.870. The Morgan fingerprint density at radius 2 is 1.59 bits per heavy atom. The molecule has 54 heavy (non-hydrogen) atoms. The van der Waals surface area contributed by atoms with Crippen LogP contribution in [0.2, 0.25) is 0 Å². The first-order chi connectivity index (χ1) is 26.1. The van der Waals surface area contributed by atoms with Crippen LogP contribution in [-0.2, 0) is 22.6 Å². The Morgan fingerprint density at radius 3 is 2.28 bits per heavy atom. The van der Waals surface area contributed by atoms with Crippen molar-refractivity contribution >= 4 is 67.1 Å². The number of aromatic nitrogens is 1. The SMILES string of the molecule is NCCCC[C@@H](NC(=O)[C@@H](Cc1cc(Br)c(O)c(Br)c1)NC(=O)N1CCC(N2Cc3ccccc3NC2=O)CC1)C(=O)N1CCN(c2ccncc2)CC1. The van der Waals surface area contributed by atoms with Crippen molar-refractivity contribution in [1.29, 1.82) is 0 Å². The van der Waals surface area contributed by atoms with E-state index in [1.807, 2.05) is 41.3 Å². The molecule has 288 valence electrons. The van der Waals surface area contributed by atoms with Gasteiger partial charge in [-0.15, -0.1) is 0 Å². The van der Waals surface area contributed by atoms with Gasteiger partial charge in [0.15, 0.2) is 0 Å². The Bertz CT molecular complexity index is 1780. The molecular weight excluding hydrogens is 822 g/mol. The van der Waals surface area contributed by atoms with E-state index < -0.39 is 24.0 Å². The third-order valence-electron chi connectivity index (χ3n) is 10.4. The van der Waals surface area contributed by atoms with Gasteiger partial charge in [0.1, 0.15) is 17.8 Å². The smallest absolute Gasteiger partial charge is 0.322 e. The van der Waals surface area contributed by atoms with Crippen LogP contribution in [0.4, 0.5) is 21.0 Å².